The number of amides is 1. The summed E-state index contributed by atoms with van der Waals surface area (Å²) in [5.41, 5.74) is 0.520. The normalized spacial score (nSPS) is 18.3. The Balaban J connectivity index is 1.48. The number of ether oxygens (including phenoxy) is 1. The van der Waals surface area contributed by atoms with E-state index in [1.807, 2.05) is 0 Å². The highest BCUT2D eigenvalue weighted by molar-refractivity contribution is 5.96. The van der Waals surface area contributed by atoms with Crippen molar-refractivity contribution >= 4 is 16.9 Å². The van der Waals surface area contributed by atoms with Crippen molar-refractivity contribution in [3.8, 4) is 0 Å². The largest absolute Gasteiger partial charge is 0.451 e. The van der Waals surface area contributed by atoms with Crippen molar-refractivity contribution in [1.29, 1.82) is 0 Å². The number of fused-ring (bicyclic) bond motifs is 1. The van der Waals surface area contributed by atoms with E-state index in [1.165, 1.54) is 18.2 Å². The summed E-state index contributed by atoms with van der Waals surface area (Å²) in [5.74, 6) is 0.100. The Bertz CT molecular complexity index is 701. The van der Waals surface area contributed by atoms with Gasteiger partial charge in [-0.3, -0.25) is 4.79 Å². The topological polar surface area (TPSA) is 54.7 Å². The van der Waals surface area contributed by atoms with Crippen LogP contribution in [0.15, 0.2) is 28.7 Å². The zero-order chi connectivity index (χ0) is 16.9. The van der Waals surface area contributed by atoms with Crippen LogP contribution >= 0.6 is 0 Å². The van der Waals surface area contributed by atoms with E-state index in [1.54, 1.807) is 13.2 Å². The predicted molar refractivity (Wildman–Crippen MR) is 89.5 cm³/mol. The van der Waals surface area contributed by atoms with Gasteiger partial charge in [0.05, 0.1) is 0 Å². The van der Waals surface area contributed by atoms with Crippen LogP contribution in [0.5, 0.6) is 0 Å². The summed E-state index contributed by atoms with van der Waals surface area (Å²) in [6.07, 6.45) is 2.11. The van der Waals surface area contributed by atoms with Gasteiger partial charge in [-0.1, -0.05) is 0 Å². The average Bonchev–Trinajstić information content (AvgIpc) is 3.19. The number of methoxy groups -OCH3 is 1. The number of furan rings is 1. The summed E-state index contributed by atoms with van der Waals surface area (Å²) >= 11 is 0. The minimum absolute atomic E-state index is 0.227. The van der Waals surface area contributed by atoms with Crippen LogP contribution in [0.1, 0.15) is 23.4 Å². The van der Waals surface area contributed by atoms with E-state index in [0.29, 0.717) is 23.4 Å². The molecule has 5 nitrogen and oxygen atoms in total. The molecule has 1 fully saturated rings. The Morgan fingerprint density at radius 3 is 3.17 bits per heavy atom. The average molecular weight is 334 g/mol. The molecule has 6 heteroatoms. The second-order valence-corrected chi connectivity index (χ2v) is 6.30. The summed E-state index contributed by atoms with van der Waals surface area (Å²) in [6, 6.07) is 5.81. The number of hydrogen-bond donors (Lipinski definition) is 1. The molecular formula is C18H23FN2O3. The molecule has 1 aromatic heterocycles. The molecule has 24 heavy (non-hydrogen) atoms. The molecule has 1 amide bonds. The minimum atomic E-state index is -0.338. The molecule has 1 saturated heterocycles. The van der Waals surface area contributed by atoms with Gasteiger partial charge < -0.3 is 19.4 Å². The molecule has 130 valence electrons. The molecule has 2 heterocycles. The number of rotatable bonds is 7. The van der Waals surface area contributed by atoms with E-state index in [4.69, 9.17) is 9.15 Å². The van der Waals surface area contributed by atoms with E-state index in [9.17, 15) is 9.18 Å². The van der Waals surface area contributed by atoms with Crippen LogP contribution in [0.3, 0.4) is 0 Å². The Labute approximate surface area is 140 Å². The summed E-state index contributed by atoms with van der Waals surface area (Å²) in [6.45, 7) is 4.51. The molecule has 0 spiro atoms. The lowest BCUT2D eigenvalue weighted by Gasteiger charge is -2.15. The number of carbonyl (C=O) groups is 1. The lowest BCUT2D eigenvalue weighted by Crippen LogP contribution is -2.31. The first-order valence-electron chi connectivity index (χ1n) is 8.34. The molecular weight excluding hydrogens is 311 g/mol. The second kappa shape index (κ2) is 7.77. The number of nitrogens with one attached hydrogen (secondary N) is 1. The molecule has 1 atom stereocenters. The number of hydrogen-bond acceptors (Lipinski definition) is 4. The summed E-state index contributed by atoms with van der Waals surface area (Å²) < 4.78 is 23.7. The van der Waals surface area contributed by atoms with Crippen molar-refractivity contribution < 1.29 is 18.3 Å². The van der Waals surface area contributed by atoms with E-state index >= 15 is 0 Å². The Kier molecular flexibility index (Phi) is 5.48. The van der Waals surface area contributed by atoms with Crippen molar-refractivity contribution in [3.63, 3.8) is 0 Å². The van der Waals surface area contributed by atoms with E-state index < -0.39 is 0 Å². The number of nitrogens with zero attached hydrogens (tertiary/aromatic N) is 1. The molecule has 1 aromatic carbocycles. The second-order valence-electron chi connectivity index (χ2n) is 6.30. The van der Waals surface area contributed by atoms with Gasteiger partial charge in [0.15, 0.2) is 5.76 Å². The number of carbonyl (C=O) groups excluding carboxylic acids is 1. The van der Waals surface area contributed by atoms with Crippen molar-refractivity contribution in [2.45, 2.75) is 12.8 Å². The SMILES string of the molecule is COCCCN1CC[C@@H](CNC(=O)c2cc3cc(F)ccc3o2)C1. The van der Waals surface area contributed by atoms with Crippen LogP contribution in [-0.2, 0) is 4.74 Å². The first-order valence-corrected chi connectivity index (χ1v) is 8.34. The van der Waals surface area contributed by atoms with Crippen LogP contribution in [-0.4, -0.2) is 50.7 Å². The first-order chi connectivity index (χ1) is 11.7. The Hall–Kier alpha value is -1.92. The third kappa shape index (κ3) is 4.13. The molecule has 0 bridgehead atoms. The summed E-state index contributed by atoms with van der Waals surface area (Å²) in [4.78, 5) is 14.6. The molecule has 2 aromatic rings. The third-order valence-electron chi connectivity index (χ3n) is 4.45. The Morgan fingerprint density at radius 1 is 1.46 bits per heavy atom. The van der Waals surface area contributed by atoms with Crippen LogP contribution in [0.25, 0.3) is 11.0 Å². The van der Waals surface area contributed by atoms with Crippen molar-refractivity contribution in [2.24, 2.45) is 5.92 Å². The van der Waals surface area contributed by atoms with Crippen molar-refractivity contribution in [2.75, 3.05) is 39.9 Å². The van der Waals surface area contributed by atoms with Gasteiger partial charge in [0.25, 0.3) is 5.91 Å². The molecule has 0 saturated carbocycles. The van der Waals surface area contributed by atoms with Gasteiger partial charge >= 0.3 is 0 Å². The van der Waals surface area contributed by atoms with Gasteiger partial charge in [-0.05, 0) is 49.6 Å². The highest BCUT2D eigenvalue weighted by Crippen LogP contribution is 2.21. The number of likely N-dealkylation sites (tertiary alicyclic amines) is 1. The standard InChI is InChI=1S/C18H23FN2O3/c1-23-8-2-6-21-7-5-13(12-21)11-20-18(22)17-10-14-9-15(19)3-4-16(14)24-17/h3-4,9-10,13H,2,5-8,11-12H2,1H3,(H,20,22)/t13-/m0/s1. The smallest absolute Gasteiger partial charge is 0.287 e. The molecule has 0 radical (unpaired) electrons. The third-order valence-corrected chi connectivity index (χ3v) is 4.45. The maximum absolute atomic E-state index is 13.2. The molecule has 0 aliphatic carbocycles. The van der Waals surface area contributed by atoms with Crippen LogP contribution in [0.4, 0.5) is 4.39 Å². The molecule has 3 rings (SSSR count). The van der Waals surface area contributed by atoms with Gasteiger partial charge in [-0.2, -0.15) is 0 Å². The molecule has 1 N–H and O–H groups in total. The maximum atomic E-state index is 13.2. The van der Waals surface area contributed by atoms with Gasteiger partial charge in [-0.15, -0.1) is 0 Å². The lowest BCUT2D eigenvalue weighted by atomic mass is 10.1. The monoisotopic (exact) mass is 334 g/mol. The fourth-order valence-electron chi connectivity index (χ4n) is 3.17. The molecule has 1 aliphatic rings. The highest BCUT2D eigenvalue weighted by atomic mass is 19.1. The predicted octanol–water partition coefficient (Wildman–Crippen LogP) is 2.66. The number of benzene rings is 1. The van der Waals surface area contributed by atoms with Gasteiger partial charge in [0, 0.05) is 38.7 Å². The van der Waals surface area contributed by atoms with E-state index in [-0.39, 0.29) is 17.5 Å². The first kappa shape index (κ1) is 16.9. The maximum Gasteiger partial charge on any atom is 0.287 e. The van der Waals surface area contributed by atoms with Crippen LogP contribution in [0, 0.1) is 11.7 Å². The fourth-order valence-corrected chi connectivity index (χ4v) is 3.17. The zero-order valence-electron chi connectivity index (χ0n) is 13.9. The van der Waals surface area contributed by atoms with E-state index in [2.05, 4.69) is 10.2 Å². The van der Waals surface area contributed by atoms with Crippen molar-refractivity contribution in [3.05, 3.63) is 35.8 Å². The molecule has 1 aliphatic heterocycles. The van der Waals surface area contributed by atoms with Gasteiger partial charge in [-0.25, -0.2) is 4.39 Å². The quantitative estimate of drug-likeness (QED) is 0.791. The van der Waals surface area contributed by atoms with Gasteiger partial charge in [0.1, 0.15) is 11.4 Å². The summed E-state index contributed by atoms with van der Waals surface area (Å²) in [5, 5.41) is 3.53. The Morgan fingerprint density at radius 2 is 2.33 bits per heavy atom. The minimum Gasteiger partial charge on any atom is -0.451 e. The zero-order valence-corrected chi connectivity index (χ0v) is 13.9. The van der Waals surface area contributed by atoms with Crippen LogP contribution < -0.4 is 5.32 Å². The summed E-state index contributed by atoms with van der Waals surface area (Å²) in [7, 11) is 1.72. The molecule has 0 unspecified atom stereocenters. The fraction of sp³-hybridized carbons (Fsp3) is 0.500. The van der Waals surface area contributed by atoms with Crippen molar-refractivity contribution in [1.82, 2.24) is 10.2 Å². The highest BCUT2D eigenvalue weighted by Gasteiger charge is 2.23. The van der Waals surface area contributed by atoms with Crippen LogP contribution in [0.2, 0.25) is 0 Å². The van der Waals surface area contributed by atoms with E-state index in [0.717, 1.165) is 39.1 Å². The van der Waals surface area contributed by atoms with Gasteiger partial charge in [0.2, 0.25) is 0 Å². The lowest BCUT2D eigenvalue weighted by molar-refractivity contribution is 0.0921. The number of halogens is 1.